The Kier molecular flexibility index (Phi) is 3.10. The molecule has 0 radical (unpaired) electrons. The summed E-state index contributed by atoms with van der Waals surface area (Å²) in [5.74, 6) is -0.415. The minimum atomic E-state index is -0.651. The van der Waals surface area contributed by atoms with E-state index in [4.69, 9.17) is 11.6 Å². The number of aromatic nitrogens is 2. The predicted octanol–water partition coefficient (Wildman–Crippen LogP) is 1.38. The highest BCUT2D eigenvalue weighted by molar-refractivity contribution is 6.30. The monoisotopic (exact) mass is 254 g/mol. The van der Waals surface area contributed by atoms with Gasteiger partial charge in [-0.15, -0.1) is 0 Å². The van der Waals surface area contributed by atoms with Crippen LogP contribution in [-0.4, -0.2) is 9.55 Å². The van der Waals surface area contributed by atoms with E-state index in [1.807, 2.05) is 4.98 Å². The maximum atomic E-state index is 13.4. The van der Waals surface area contributed by atoms with Crippen molar-refractivity contribution in [3.63, 3.8) is 0 Å². The van der Waals surface area contributed by atoms with Gasteiger partial charge in [-0.2, -0.15) is 0 Å². The maximum absolute atomic E-state index is 13.4. The topological polar surface area (TPSA) is 54.9 Å². The normalized spacial score (nSPS) is 10.5. The molecule has 1 N–H and O–H groups in total. The second-order valence-corrected chi connectivity index (χ2v) is 3.86. The molecule has 0 bridgehead atoms. The molecule has 0 saturated heterocycles. The fourth-order valence-electron chi connectivity index (χ4n) is 1.41. The third-order valence-corrected chi connectivity index (χ3v) is 2.54. The molecule has 0 atom stereocenters. The first-order valence-corrected chi connectivity index (χ1v) is 5.18. The first-order chi connectivity index (χ1) is 8.08. The van der Waals surface area contributed by atoms with E-state index in [2.05, 4.69) is 0 Å². The second kappa shape index (κ2) is 4.55. The zero-order valence-electron chi connectivity index (χ0n) is 8.61. The van der Waals surface area contributed by atoms with Crippen molar-refractivity contribution in [1.29, 1.82) is 0 Å². The lowest BCUT2D eigenvalue weighted by atomic mass is 10.2. The smallest absolute Gasteiger partial charge is 0.295 e. The summed E-state index contributed by atoms with van der Waals surface area (Å²) in [7, 11) is 0. The highest BCUT2D eigenvalue weighted by Crippen LogP contribution is 2.07. The molecular formula is C11H8ClFN2O2. The van der Waals surface area contributed by atoms with Crippen molar-refractivity contribution in [2.45, 2.75) is 6.54 Å². The Morgan fingerprint density at radius 2 is 2.00 bits per heavy atom. The van der Waals surface area contributed by atoms with Crippen LogP contribution < -0.4 is 11.2 Å². The molecule has 0 aliphatic heterocycles. The van der Waals surface area contributed by atoms with Crippen LogP contribution in [0.2, 0.25) is 5.02 Å². The quantitative estimate of drug-likeness (QED) is 0.880. The Morgan fingerprint density at radius 3 is 2.71 bits per heavy atom. The fourth-order valence-corrected chi connectivity index (χ4v) is 1.58. The van der Waals surface area contributed by atoms with Gasteiger partial charge < -0.3 is 0 Å². The van der Waals surface area contributed by atoms with Gasteiger partial charge in [0.05, 0.1) is 6.54 Å². The molecule has 4 nitrogen and oxygen atoms in total. The molecule has 0 spiro atoms. The lowest BCUT2D eigenvalue weighted by molar-refractivity contribution is 0.593. The molecule has 0 unspecified atom stereocenters. The minimum absolute atomic E-state index is 0.0159. The molecule has 1 aromatic carbocycles. The van der Waals surface area contributed by atoms with E-state index in [9.17, 15) is 14.0 Å². The summed E-state index contributed by atoms with van der Waals surface area (Å²) in [6.07, 6.45) is 1.19. The van der Waals surface area contributed by atoms with Gasteiger partial charge in [-0.3, -0.25) is 14.3 Å². The van der Waals surface area contributed by atoms with Crippen molar-refractivity contribution in [3.05, 3.63) is 67.7 Å². The van der Waals surface area contributed by atoms with Gasteiger partial charge in [-0.1, -0.05) is 29.8 Å². The first-order valence-electron chi connectivity index (χ1n) is 4.80. The summed E-state index contributed by atoms with van der Waals surface area (Å²) in [6.45, 7) is 0.0159. The molecule has 0 amide bonds. The number of halogens is 2. The lowest BCUT2D eigenvalue weighted by Crippen LogP contribution is -2.30. The zero-order valence-corrected chi connectivity index (χ0v) is 9.37. The summed E-state index contributed by atoms with van der Waals surface area (Å²) >= 11 is 5.59. The van der Waals surface area contributed by atoms with Crippen molar-refractivity contribution in [2.75, 3.05) is 0 Å². The summed E-state index contributed by atoms with van der Waals surface area (Å²) < 4.78 is 14.5. The molecule has 1 heterocycles. The van der Waals surface area contributed by atoms with Crippen LogP contribution >= 0.6 is 11.6 Å². The van der Waals surface area contributed by atoms with Gasteiger partial charge in [0.25, 0.3) is 5.56 Å². The SMILES string of the molecule is O=c1[nH]c(=O)n(Cc2ccccc2F)cc1Cl. The van der Waals surface area contributed by atoms with E-state index < -0.39 is 17.1 Å². The van der Waals surface area contributed by atoms with Crippen molar-refractivity contribution in [2.24, 2.45) is 0 Å². The van der Waals surface area contributed by atoms with E-state index in [1.165, 1.54) is 12.3 Å². The summed E-state index contributed by atoms with van der Waals surface area (Å²) in [4.78, 5) is 24.5. The van der Waals surface area contributed by atoms with E-state index in [0.29, 0.717) is 5.56 Å². The van der Waals surface area contributed by atoms with E-state index in [-0.39, 0.29) is 11.6 Å². The van der Waals surface area contributed by atoms with Crippen molar-refractivity contribution < 1.29 is 4.39 Å². The average molecular weight is 255 g/mol. The largest absolute Gasteiger partial charge is 0.328 e. The number of H-pyrrole nitrogens is 1. The zero-order chi connectivity index (χ0) is 12.4. The minimum Gasteiger partial charge on any atom is -0.295 e. The van der Waals surface area contributed by atoms with Crippen molar-refractivity contribution in [1.82, 2.24) is 9.55 Å². The molecule has 0 fully saturated rings. The summed E-state index contributed by atoms with van der Waals surface area (Å²) in [6, 6.07) is 6.08. The second-order valence-electron chi connectivity index (χ2n) is 3.46. The van der Waals surface area contributed by atoms with E-state index in [0.717, 1.165) is 4.57 Å². The number of rotatable bonds is 2. The molecule has 0 aliphatic carbocycles. The van der Waals surface area contributed by atoms with Gasteiger partial charge >= 0.3 is 5.69 Å². The maximum Gasteiger partial charge on any atom is 0.328 e. The highest BCUT2D eigenvalue weighted by Gasteiger charge is 2.05. The fraction of sp³-hybridized carbons (Fsp3) is 0.0909. The number of benzene rings is 1. The summed E-state index contributed by atoms with van der Waals surface area (Å²) in [5.41, 5.74) is -0.929. The molecule has 2 aromatic rings. The van der Waals surface area contributed by atoms with Crippen LogP contribution in [0.25, 0.3) is 0 Å². The molecular weight excluding hydrogens is 247 g/mol. The van der Waals surface area contributed by atoms with Crippen molar-refractivity contribution >= 4 is 11.6 Å². The number of aromatic amines is 1. The van der Waals surface area contributed by atoms with Gasteiger partial charge in [0.15, 0.2) is 0 Å². The number of nitrogens with zero attached hydrogens (tertiary/aromatic N) is 1. The third kappa shape index (κ3) is 2.45. The molecule has 6 heteroatoms. The molecule has 17 heavy (non-hydrogen) atoms. The Hall–Kier alpha value is -1.88. The molecule has 88 valence electrons. The van der Waals surface area contributed by atoms with Crippen LogP contribution in [0, 0.1) is 5.82 Å². The van der Waals surface area contributed by atoms with Crippen LogP contribution in [-0.2, 0) is 6.54 Å². The molecule has 0 saturated carbocycles. The van der Waals surface area contributed by atoms with E-state index in [1.54, 1.807) is 18.2 Å². The van der Waals surface area contributed by atoms with E-state index >= 15 is 0 Å². The van der Waals surface area contributed by atoms with Gasteiger partial charge in [0.1, 0.15) is 10.8 Å². The molecule has 1 aromatic heterocycles. The Labute approximate surface area is 100 Å². The van der Waals surface area contributed by atoms with Crippen LogP contribution in [0.3, 0.4) is 0 Å². The van der Waals surface area contributed by atoms with Gasteiger partial charge in [-0.05, 0) is 6.07 Å². The molecule has 2 rings (SSSR count). The van der Waals surface area contributed by atoms with Crippen LogP contribution in [0.5, 0.6) is 0 Å². The average Bonchev–Trinajstić information content (AvgIpc) is 2.29. The standard InChI is InChI=1S/C11H8ClFN2O2/c12-8-6-15(11(17)14-10(8)16)5-7-3-1-2-4-9(7)13/h1-4,6H,5H2,(H,14,16,17). The third-order valence-electron chi connectivity index (χ3n) is 2.27. The van der Waals surface area contributed by atoms with Crippen LogP contribution in [0.15, 0.2) is 40.1 Å². The van der Waals surface area contributed by atoms with Crippen LogP contribution in [0.1, 0.15) is 5.56 Å². The molecule has 0 aliphatic rings. The Morgan fingerprint density at radius 1 is 1.29 bits per heavy atom. The number of hydrogen-bond donors (Lipinski definition) is 1. The van der Waals surface area contributed by atoms with Crippen molar-refractivity contribution in [3.8, 4) is 0 Å². The number of hydrogen-bond acceptors (Lipinski definition) is 2. The first kappa shape index (κ1) is 11.6. The Bertz CT molecular complexity index is 663. The highest BCUT2D eigenvalue weighted by atomic mass is 35.5. The van der Waals surface area contributed by atoms with Gasteiger partial charge in [-0.25, -0.2) is 9.18 Å². The van der Waals surface area contributed by atoms with Crippen LogP contribution in [0.4, 0.5) is 4.39 Å². The van der Waals surface area contributed by atoms with Gasteiger partial charge in [0.2, 0.25) is 0 Å². The summed E-state index contributed by atoms with van der Waals surface area (Å²) in [5, 5.41) is -0.110. The predicted molar refractivity (Wildman–Crippen MR) is 61.8 cm³/mol. The number of nitrogens with one attached hydrogen (secondary N) is 1. The Balaban J connectivity index is 2.44. The van der Waals surface area contributed by atoms with Gasteiger partial charge in [0, 0.05) is 11.8 Å². The lowest BCUT2D eigenvalue weighted by Gasteiger charge is -2.06.